The summed E-state index contributed by atoms with van der Waals surface area (Å²) in [6.07, 6.45) is -6.95. The Morgan fingerprint density at radius 3 is 2.67 bits per heavy atom. The van der Waals surface area contributed by atoms with E-state index in [4.69, 9.17) is 16.7 Å². The van der Waals surface area contributed by atoms with Gasteiger partial charge >= 0.3 is 5.97 Å². The van der Waals surface area contributed by atoms with Gasteiger partial charge in [-0.2, -0.15) is 0 Å². The largest absolute Gasteiger partial charge is 0.394 e. The van der Waals surface area contributed by atoms with Crippen molar-refractivity contribution in [3.8, 4) is 0 Å². The Labute approximate surface area is 103 Å². The molecule has 0 saturated carbocycles. The minimum Gasteiger partial charge on any atom is -0.394 e. The number of aliphatic hydroxyl groups excluding tert-OH is 4. The summed E-state index contributed by atoms with van der Waals surface area (Å²) >= 11 is 0. The lowest BCUT2D eigenvalue weighted by molar-refractivity contribution is -0.448. The van der Waals surface area contributed by atoms with E-state index in [0.29, 0.717) is 0 Å². The summed E-state index contributed by atoms with van der Waals surface area (Å²) < 4.78 is 16.7. The van der Waals surface area contributed by atoms with Crippen LogP contribution in [0.4, 0.5) is 0 Å². The maximum atomic E-state index is 9.87. The molecule has 0 aromatic carbocycles. The van der Waals surface area contributed by atoms with E-state index in [9.17, 15) is 20.4 Å². The molecule has 1 aliphatic heterocycles. The molecule has 0 aromatic heterocycles. The molecule has 5 N–H and O–H groups in total. The van der Waals surface area contributed by atoms with Gasteiger partial charge in [0.05, 0.1) is 14.6 Å². The summed E-state index contributed by atoms with van der Waals surface area (Å²) in [5, 5.41) is 50.3. The van der Waals surface area contributed by atoms with E-state index in [1.807, 2.05) is 0 Å². The molecule has 1 fully saturated rings. The molecule has 0 aromatic rings. The van der Waals surface area contributed by atoms with Crippen LogP contribution in [-0.4, -0.2) is 75.7 Å². The zero-order valence-electron chi connectivity index (χ0n) is 10.2. The molecule has 0 amide bonds. The van der Waals surface area contributed by atoms with Crippen molar-refractivity contribution in [3.05, 3.63) is 10.4 Å². The summed E-state index contributed by atoms with van der Waals surface area (Å²) in [5.74, 6) is -2.80. The van der Waals surface area contributed by atoms with Gasteiger partial charge in [-0.05, 0) is 5.53 Å². The fraction of sp³-hybridized carbons (Fsp3) is 1.00. The number of ether oxygens (including phenoxy) is 2. The van der Waals surface area contributed by atoms with Crippen LogP contribution in [0.2, 0.25) is 0 Å². The number of hydrogen-bond donors (Lipinski definition) is 5. The van der Waals surface area contributed by atoms with Crippen molar-refractivity contribution in [2.45, 2.75) is 30.4 Å². The number of rotatable bonds is 5. The molecule has 18 heavy (non-hydrogen) atoms. The van der Waals surface area contributed by atoms with E-state index in [-0.39, 0.29) is 0 Å². The second-order valence-corrected chi connectivity index (χ2v) is 3.59. The Morgan fingerprint density at radius 2 is 2.11 bits per heavy atom. The van der Waals surface area contributed by atoms with Crippen LogP contribution in [0, 0.1) is 0 Å². The molecule has 0 spiro atoms. The molecule has 0 aliphatic carbocycles. The predicted octanol–water partition coefficient (Wildman–Crippen LogP) is -2.57. The third-order valence-corrected chi connectivity index (χ3v) is 2.40. The zero-order chi connectivity index (χ0) is 14.6. The Bertz CT molecular complexity index is 353. The number of nitrogens with zero attached hydrogens (tertiary/aromatic N) is 3. The first-order chi connectivity index (χ1) is 8.85. The fourth-order valence-corrected chi connectivity index (χ4v) is 1.45. The summed E-state index contributed by atoms with van der Waals surface area (Å²) in [6.45, 7) is -2.80. The van der Waals surface area contributed by atoms with E-state index in [2.05, 4.69) is 14.8 Å². The lowest BCUT2D eigenvalue weighted by Crippen LogP contribution is -2.66. The Hall–Kier alpha value is -0.970. The first kappa shape index (κ1) is 13.5. The third-order valence-electron chi connectivity index (χ3n) is 2.40. The highest BCUT2D eigenvalue weighted by Crippen LogP contribution is 2.28. The lowest BCUT2D eigenvalue weighted by atomic mass is 9.98. The van der Waals surface area contributed by atoms with Crippen molar-refractivity contribution in [2.24, 2.45) is 5.11 Å². The summed E-state index contributed by atoms with van der Waals surface area (Å²) in [7, 11) is 0. The van der Waals surface area contributed by atoms with Crippen molar-refractivity contribution in [1.82, 2.24) is 0 Å². The van der Waals surface area contributed by atoms with Crippen LogP contribution < -0.4 is 0 Å². The molecule has 10 nitrogen and oxygen atoms in total. The van der Waals surface area contributed by atoms with E-state index in [0.717, 1.165) is 0 Å². The molecule has 1 heterocycles. The molecular formula is C8H15N3O7. The summed E-state index contributed by atoms with van der Waals surface area (Å²) in [5.41, 5.74) is 8.06. The van der Waals surface area contributed by atoms with Gasteiger partial charge in [-0.25, -0.2) is 0 Å². The summed E-state index contributed by atoms with van der Waals surface area (Å²) in [6, 6.07) is 0. The van der Waals surface area contributed by atoms with Gasteiger partial charge in [0.2, 0.25) is 0 Å². The monoisotopic (exact) mass is 266 g/mol. The van der Waals surface area contributed by atoms with E-state index in [1.54, 1.807) is 0 Å². The molecule has 1 saturated heterocycles. The van der Waals surface area contributed by atoms with Crippen molar-refractivity contribution in [3.63, 3.8) is 0 Å². The van der Waals surface area contributed by atoms with Crippen LogP contribution in [0.15, 0.2) is 5.11 Å². The first-order valence-corrected chi connectivity index (χ1v) is 5.02. The van der Waals surface area contributed by atoms with Crippen molar-refractivity contribution >= 4 is 0 Å². The van der Waals surface area contributed by atoms with E-state index in [1.165, 1.54) is 0 Å². The first-order valence-electron chi connectivity index (χ1n) is 5.59. The van der Waals surface area contributed by atoms with Crippen molar-refractivity contribution < 1.29 is 36.4 Å². The average molecular weight is 266 g/mol. The van der Waals surface area contributed by atoms with Crippen LogP contribution >= 0.6 is 0 Å². The number of hydrogen-bond acceptors (Lipinski definition) is 8. The highest BCUT2D eigenvalue weighted by Gasteiger charge is 2.53. The number of aliphatic hydroxyl groups is 5. The molecule has 1 rings (SSSR count). The number of azide groups is 1. The topological polar surface area (TPSA) is 168 Å². The molecule has 0 bridgehead atoms. The highest BCUT2D eigenvalue weighted by atomic mass is 16.8. The summed E-state index contributed by atoms with van der Waals surface area (Å²) in [4.78, 5) is 2.38. The average Bonchev–Trinajstić information content (AvgIpc) is 2.38. The van der Waals surface area contributed by atoms with Gasteiger partial charge in [-0.1, -0.05) is 5.11 Å². The van der Waals surface area contributed by atoms with Gasteiger partial charge in [0.25, 0.3) is 0 Å². The SMILES string of the molecule is [2H]C(CN=[N+]=[N-])OC1(O)O[C@H](CO)[C@@H](O)[C@H](O)[C@@H]1O. The Morgan fingerprint density at radius 1 is 1.44 bits per heavy atom. The molecule has 6 atom stereocenters. The van der Waals surface area contributed by atoms with E-state index < -0.39 is 50.1 Å². The van der Waals surface area contributed by atoms with Crippen LogP contribution in [0.5, 0.6) is 0 Å². The quantitative estimate of drug-likeness (QED) is 0.158. The van der Waals surface area contributed by atoms with Gasteiger partial charge in [-0.3, -0.25) is 0 Å². The highest BCUT2D eigenvalue weighted by molar-refractivity contribution is 4.92. The standard InChI is InChI=1S/C8H15N3O7/c9-11-10-1-2-17-8(16)7(15)6(14)5(13)4(3-12)18-8/h4-7,12-16H,1-3H2/t4-,5-,6+,7+,8?/m1/s1/i2D/t2?,4-,5-,6+,7+,8?. The van der Waals surface area contributed by atoms with Crippen LogP contribution in [0.25, 0.3) is 10.4 Å². The third kappa shape index (κ3) is 3.07. The molecule has 104 valence electrons. The van der Waals surface area contributed by atoms with Crippen LogP contribution in [-0.2, 0) is 9.47 Å². The minimum atomic E-state index is -2.80. The fourth-order valence-electron chi connectivity index (χ4n) is 1.45. The maximum Gasteiger partial charge on any atom is 0.311 e. The van der Waals surface area contributed by atoms with Crippen molar-refractivity contribution in [1.29, 1.82) is 0 Å². The molecule has 10 heteroatoms. The normalized spacial score (nSPS) is 42.8. The molecule has 2 unspecified atom stereocenters. The molecular weight excluding hydrogens is 250 g/mol. The molecule has 1 aliphatic rings. The van der Waals surface area contributed by atoms with Gasteiger partial charge in [0.15, 0.2) is 6.10 Å². The zero-order valence-corrected chi connectivity index (χ0v) is 9.20. The second-order valence-electron chi connectivity index (χ2n) is 3.59. The smallest absolute Gasteiger partial charge is 0.311 e. The predicted molar refractivity (Wildman–Crippen MR) is 54.9 cm³/mol. The second kappa shape index (κ2) is 6.27. The molecule has 0 radical (unpaired) electrons. The van der Waals surface area contributed by atoms with Gasteiger partial charge < -0.3 is 35.0 Å². The van der Waals surface area contributed by atoms with E-state index >= 15 is 0 Å². The minimum absolute atomic E-state index is 0.475. The van der Waals surface area contributed by atoms with Gasteiger partial charge in [-0.15, -0.1) is 0 Å². The Balaban J connectivity index is 2.79. The Kier molecular flexibility index (Phi) is 4.69. The van der Waals surface area contributed by atoms with Crippen LogP contribution in [0.1, 0.15) is 1.37 Å². The van der Waals surface area contributed by atoms with Gasteiger partial charge in [0, 0.05) is 11.5 Å². The maximum absolute atomic E-state index is 9.87. The van der Waals surface area contributed by atoms with Gasteiger partial charge in [0.1, 0.15) is 18.3 Å². The van der Waals surface area contributed by atoms with Crippen LogP contribution in [0.3, 0.4) is 0 Å². The van der Waals surface area contributed by atoms with Crippen molar-refractivity contribution in [2.75, 3.05) is 19.7 Å². The lowest BCUT2D eigenvalue weighted by Gasteiger charge is -2.44.